The first-order valence-corrected chi connectivity index (χ1v) is 9.45. The predicted octanol–water partition coefficient (Wildman–Crippen LogP) is 5.57. The van der Waals surface area contributed by atoms with Crippen LogP contribution in [0.15, 0.2) is 42.6 Å². The van der Waals surface area contributed by atoms with Gasteiger partial charge in [-0.25, -0.2) is 0 Å². The summed E-state index contributed by atoms with van der Waals surface area (Å²) < 4.78 is 78.2. The van der Waals surface area contributed by atoms with E-state index in [9.17, 15) is 31.1 Å². The number of fused-ring (bicyclic) bond motifs is 1. The molecule has 166 valence electrons. The number of aromatic nitrogens is 2. The Kier molecular flexibility index (Phi) is 5.31. The lowest BCUT2D eigenvalue weighted by molar-refractivity contribution is -0.143. The Morgan fingerprint density at radius 2 is 1.59 bits per heavy atom. The van der Waals surface area contributed by atoms with E-state index < -0.39 is 23.5 Å². The van der Waals surface area contributed by atoms with Crippen molar-refractivity contribution in [3.05, 3.63) is 76.2 Å². The van der Waals surface area contributed by atoms with E-state index in [1.807, 2.05) is 0 Å². The van der Waals surface area contributed by atoms with Gasteiger partial charge >= 0.3 is 12.4 Å². The number of pyridine rings is 1. The molecule has 3 heterocycles. The molecule has 32 heavy (non-hydrogen) atoms. The van der Waals surface area contributed by atoms with Crippen LogP contribution in [-0.4, -0.2) is 22.4 Å². The van der Waals surface area contributed by atoms with Gasteiger partial charge in [-0.05, 0) is 48.0 Å². The fourth-order valence-electron chi connectivity index (χ4n) is 3.41. The van der Waals surface area contributed by atoms with Gasteiger partial charge in [-0.3, -0.25) is 9.78 Å². The lowest BCUT2D eigenvalue weighted by Gasteiger charge is -2.12. The maximum Gasteiger partial charge on any atom is 0.416 e. The van der Waals surface area contributed by atoms with Crippen molar-refractivity contribution < 1.29 is 31.1 Å². The molecule has 0 radical (unpaired) electrons. The molecule has 2 N–H and O–H groups in total. The first-order chi connectivity index (χ1) is 15.0. The van der Waals surface area contributed by atoms with Gasteiger partial charge in [0.15, 0.2) is 0 Å². The van der Waals surface area contributed by atoms with Crippen molar-refractivity contribution in [2.75, 3.05) is 6.54 Å². The van der Waals surface area contributed by atoms with E-state index in [-0.39, 0.29) is 17.5 Å². The predicted molar refractivity (Wildman–Crippen MR) is 105 cm³/mol. The van der Waals surface area contributed by atoms with E-state index in [4.69, 9.17) is 0 Å². The van der Waals surface area contributed by atoms with Crippen LogP contribution in [0.3, 0.4) is 0 Å². The second-order valence-electron chi connectivity index (χ2n) is 7.22. The third kappa shape index (κ3) is 4.53. The van der Waals surface area contributed by atoms with E-state index in [1.54, 1.807) is 18.2 Å². The van der Waals surface area contributed by atoms with Crippen LogP contribution in [0.5, 0.6) is 0 Å². The second kappa shape index (κ2) is 7.85. The minimum absolute atomic E-state index is 0.0827. The fraction of sp³-hybridized carbons (Fsp3) is 0.182. The number of nitrogens with one attached hydrogen (secondary N) is 2. The normalized spacial score (nSPS) is 14.5. The van der Waals surface area contributed by atoms with Gasteiger partial charge in [0, 0.05) is 36.1 Å². The van der Waals surface area contributed by atoms with Crippen molar-refractivity contribution >= 4 is 18.1 Å². The monoisotopic (exact) mass is 451 g/mol. The summed E-state index contributed by atoms with van der Waals surface area (Å²) in [6.07, 6.45) is -5.25. The number of hydrogen-bond donors (Lipinski definition) is 2. The Hall–Kier alpha value is -3.56. The van der Waals surface area contributed by atoms with Crippen molar-refractivity contribution in [3.63, 3.8) is 0 Å². The Bertz CT molecular complexity index is 1170. The molecule has 0 saturated carbocycles. The van der Waals surface area contributed by atoms with Crippen LogP contribution in [0.25, 0.3) is 23.4 Å². The summed E-state index contributed by atoms with van der Waals surface area (Å²) in [6.45, 7) is 0.521. The van der Waals surface area contributed by atoms with E-state index in [2.05, 4.69) is 15.3 Å². The minimum atomic E-state index is -4.92. The highest BCUT2D eigenvalue weighted by Gasteiger charge is 2.36. The number of halogens is 6. The number of hydrogen-bond acceptors (Lipinski definition) is 2. The topological polar surface area (TPSA) is 57.8 Å². The molecule has 0 atom stereocenters. The Morgan fingerprint density at radius 3 is 2.22 bits per heavy atom. The number of carbonyl (C=O) groups excluding carboxylic acids is 1. The largest absolute Gasteiger partial charge is 0.416 e. The van der Waals surface area contributed by atoms with Gasteiger partial charge in [-0.2, -0.15) is 26.3 Å². The molecule has 1 aromatic carbocycles. The van der Waals surface area contributed by atoms with Crippen molar-refractivity contribution in [3.8, 4) is 11.3 Å². The highest BCUT2D eigenvalue weighted by atomic mass is 19.4. The van der Waals surface area contributed by atoms with Crippen LogP contribution in [0.2, 0.25) is 0 Å². The summed E-state index contributed by atoms with van der Waals surface area (Å²) in [6, 6.07) is 6.36. The number of nitrogens with zero attached hydrogens (tertiary/aromatic N) is 1. The van der Waals surface area contributed by atoms with Gasteiger partial charge < -0.3 is 10.3 Å². The van der Waals surface area contributed by atoms with Gasteiger partial charge in [-0.1, -0.05) is 6.08 Å². The van der Waals surface area contributed by atoms with Crippen LogP contribution in [0.1, 0.15) is 38.4 Å². The summed E-state index contributed by atoms with van der Waals surface area (Å²) in [7, 11) is 0. The third-order valence-electron chi connectivity index (χ3n) is 4.95. The van der Waals surface area contributed by atoms with E-state index in [0.717, 1.165) is 11.8 Å². The van der Waals surface area contributed by atoms with Crippen molar-refractivity contribution in [1.29, 1.82) is 0 Å². The lowest BCUT2D eigenvalue weighted by Crippen LogP contribution is -2.31. The van der Waals surface area contributed by atoms with E-state index in [0.29, 0.717) is 47.6 Å². The number of carbonyl (C=O) groups is 1. The molecular formula is C22H15F6N3O. The average Bonchev–Trinajstić information content (AvgIpc) is 3.17. The van der Waals surface area contributed by atoms with Gasteiger partial charge in [0.05, 0.1) is 22.4 Å². The molecule has 0 bridgehead atoms. The van der Waals surface area contributed by atoms with E-state index >= 15 is 0 Å². The number of aromatic amines is 1. The molecule has 0 unspecified atom stereocenters. The van der Waals surface area contributed by atoms with Crippen LogP contribution >= 0.6 is 0 Å². The number of H-pyrrole nitrogens is 1. The Labute approximate surface area is 178 Å². The first-order valence-electron chi connectivity index (χ1n) is 9.45. The Balaban J connectivity index is 1.66. The molecule has 0 spiro atoms. The van der Waals surface area contributed by atoms with Crippen LogP contribution in [0, 0.1) is 0 Å². The Morgan fingerprint density at radius 1 is 0.906 bits per heavy atom. The molecule has 10 heteroatoms. The summed E-state index contributed by atoms with van der Waals surface area (Å²) in [5.74, 6) is -0.187. The molecule has 0 fully saturated rings. The summed E-state index contributed by atoms with van der Waals surface area (Å²) in [5, 5.41) is 2.74. The van der Waals surface area contributed by atoms with Gasteiger partial charge in [0.2, 0.25) is 0 Å². The fourth-order valence-corrected chi connectivity index (χ4v) is 3.41. The van der Waals surface area contributed by atoms with Gasteiger partial charge in [0.1, 0.15) is 0 Å². The summed E-state index contributed by atoms with van der Waals surface area (Å²) in [4.78, 5) is 19.2. The van der Waals surface area contributed by atoms with Crippen LogP contribution in [0.4, 0.5) is 26.3 Å². The molecule has 0 saturated heterocycles. The number of benzene rings is 1. The highest BCUT2D eigenvalue weighted by molar-refractivity contribution is 5.97. The molecule has 4 nitrogen and oxygen atoms in total. The zero-order valence-electron chi connectivity index (χ0n) is 16.2. The van der Waals surface area contributed by atoms with E-state index in [1.165, 1.54) is 12.3 Å². The summed E-state index contributed by atoms with van der Waals surface area (Å²) in [5.41, 5.74) is -0.0563. The summed E-state index contributed by atoms with van der Waals surface area (Å²) >= 11 is 0. The maximum atomic E-state index is 13.0. The quantitative estimate of drug-likeness (QED) is 0.512. The van der Waals surface area contributed by atoms with Crippen LogP contribution < -0.4 is 5.32 Å². The molecule has 0 aliphatic carbocycles. The molecule has 1 aliphatic heterocycles. The highest BCUT2D eigenvalue weighted by Crippen LogP contribution is 2.36. The number of rotatable bonds is 3. The zero-order chi connectivity index (χ0) is 23.1. The molecule has 4 rings (SSSR count). The third-order valence-corrected chi connectivity index (χ3v) is 4.95. The molecule has 3 aromatic rings. The lowest BCUT2D eigenvalue weighted by atomic mass is 10.0. The van der Waals surface area contributed by atoms with Crippen molar-refractivity contribution in [2.24, 2.45) is 0 Å². The first kappa shape index (κ1) is 21.7. The van der Waals surface area contributed by atoms with Gasteiger partial charge in [0.25, 0.3) is 5.91 Å². The van der Waals surface area contributed by atoms with Crippen molar-refractivity contribution in [2.45, 2.75) is 18.8 Å². The smallest absolute Gasteiger partial charge is 0.358 e. The van der Waals surface area contributed by atoms with Crippen LogP contribution in [-0.2, 0) is 18.8 Å². The molecule has 1 amide bonds. The average molecular weight is 451 g/mol. The molecular weight excluding hydrogens is 436 g/mol. The van der Waals surface area contributed by atoms with Gasteiger partial charge in [-0.15, -0.1) is 0 Å². The number of amides is 1. The SMILES string of the molecule is O=C1NCCc2[nH]c(-c3ccnc(/C=C/c4cc(C(F)(F)F)cc(C(F)(F)F)c4)c3)cc21. The number of alkyl halides is 6. The standard InChI is InChI=1S/C22H15F6N3O/c23-21(24,25)14-7-12(8-15(10-14)22(26,27)28)1-2-16-9-13(3-5-29-16)19-11-17-18(31-19)4-6-30-20(17)32/h1-3,5,7-11,31H,4,6H2,(H,30,32)/b2-1+. The van der Waals surface area contributed by atoms with Crippen molar-refractivity contribution in [1.82, 2.24) is 15.3 Å². The molecule has 1 aliphatic rings. The minimum Gasteiger partial charge on any atom is -0.358 e. The maximum absolute atomic E-state index is 13.0. The molecule has 2 aromatic heterocycles. The second-order valence-corrected chi connectivity index (χ2v) is 7.22. The zero-order valence-corrected chi connectivity index (χ0v) is 16.2.